The van der Waals surface area contributed by atoms with Gasteiger partial charge in [0, 0.05) is 6.04 Å². The van der Waals surface area contributed by atoms with E-state index in [0.717, 1.165) is 23.8 Å². The number of nitrogens with one attached hydrogen (secondary N) is 1. The first-order valence-corrected chi connectivity index (χ1v) is 6.02. The second-order valence-electron chi connectivity index (χ2n) is 4.48. The first-order chi connectivity index (χ1) is 6.29. The minimum atomic E-state index is 0. The molecule has 0 spiro atoms. The summed E-state index contributed by atoms with van der Waals surface area (Å²) in [7, 11) is 0. The van der Waals surface area contributed by atoms with Crippen molar-refractivity contribution in [3.8, 4) is 0 Å². The third-order valence-corrected chi connectivity index (χ3v) is 3.64. The van der Waals surface area contributed by atoms with Gasteiger partial charge in [0.2, 0.25) is 0 Å². The second-order valence-corrected chi connectivity index (χ2v) is 4.48. The highest BCUT2D eigenvalue weighted by Gasteiger charge is 2.39. The number of hydrogen-bond acceptors (Lipinski definition) is 1. The largest absolute Gasteiger partial charge is 0.313 e. The predicted octanol–water partition coefficient (Wildman–Crippen LogP) is 3.69. The lowest BCUT2D eigenvalue weighted by atomic mass is 9.87. The van der Waals surface area contributed by atoms with Crippen LogP contribution in [0.3, 0.4) is 0 Å². The van der Waals surface area contributed by atoms with Gasteiger partial charge in [-0.1, -0.05) is 35.1 Å². The molecule has 0 aromatic heterocycles. The highest BCUT2D eigenvalue weighted by atomic mass is 14.9. The molecule has 0 aromatic carbocycles. The van der Waals surface area contributed by atoms with Gasteiger partial charge in [-0.25, -0.2) is 0 Å². The van der Waals surface area contributed by atoms with Crippen LogP contribution in [0, 0.1) is 17.8 Å². The molecule has 2 aliphatic rings. The van der Waals surface area contributed by atoms with E-state index in [4.69, 9.17) is 0 Å². The third-order valence-electron chi connectivity index (χ3n) is 3.64. The maximum Gasteiger partial charge on any atom is 0.0124 e. The molecule has 4 unspecified atom stereocenters. The number of hydrogen-bond donors (Lipinski definition) is 1. The standard InChI is InChI=1S/C10H19N.C2H6.CH4/c1-7-6-8(2)10-9(7)4-3-5-11-10;1-2;/h7-11H,3-6H2,1-2H3;1-2H3;1H4. The smallest absolute Gasteiger partial charge is 0.0124 e. The molecule has 0 aromatic rings. The number of rotatable bonds is 0. The van der Waals surface area contributed by atoms with Gasteiger partial charge in [0.05, 0.1) is 0 Å². The molecule has 86 valence electrons. The van der Waals surface area contributed by atoms with Gasteiger partial charge in [-0.2, -0.15) is 0 Å². The molecule has 2 rings (SSSR count). The summed E-state index contributed by atoms with van der Waals surface area (Å²) in [6.07, 6.45) is 4.32. The molecule has 1 N–H and O–H groups in total. The first kappa shape index (κ1) is 14.0. The van der Waals surface area contributed by atoms with Gasteiger partial charge in [-0.05, 0) is 43.6 Å². The Morgan fingerprint density at radius 2 is 1.71 bits per heavy atom. The van der Waals surface area contributed by atoms with Crippen LogP contribution in [0.5, 0.6) is 0 Å². The van der Waals surface area contributed by atoms with Crippen LogP contribution in [0.25, 0.3) is 0 Å². The van der Waals surface area contributed by atoms with Crippen LogP contribution in [0.1, 0.15) is 54.4 Å². The van der Waals surface area contributed by atoms with Gasteiger partial charge in [0.15, 0.2) is 0 Å². The Labute approximate surface area is 90.7 Å². The Balaban J connectivity index is 0.000000531. The van der Waals surface area contributed by atoms with Crippen molar-refractivity contribution >= 4 is 0 Å². The summed E-state index contributed by atoms with van der Waals surface area (Å²) in [4.78, 5) is 0. The van der Waals surface area contributed by atoms with E-state index in [1.54, 1.807) is 0 Å². The molecule has 1 aliphatic heterocycles. The Bertz CT molecular complexity index is 128. The minimum Gasteiger partial charge on any atom is -0.313 e. The number of fused-ring (bicyclic) bond motifs is 1. The Morgan fingerprint density at radius 3 is 2.29 bits per heavy atom. The fraction of sp³-hybridized carbons (Fsp3) is 1.00. The predicted molar refractivity (Wildman–Crippen MR) is 65.5 cm³/mol. The quantitative estimate of drug-likeness (QED) is 0.627. The van der Waals surface area contributed by atoms with Gasteiger partial charge in [0.1, 0.15) is 0 Å². The Morgan fingerprint density at radius 1 is 1.07 bits per heavy atom. The van der Waals surface area contributed by atoms with E-state index in [-0.39, 0.29) is 7.43 Å². The molecule has 1 saturated carbocycles. The van der Waals surface area contributed by atoms with E-state index in [9.17, 15) is 0 Å². The highest BCUT2D eigenvalue weighted by molar-refractivity contribution is 4.94. The van der Waals surface area contributed by atoms with Crippen LogP contribution in [0.2, 0.25) is 0 Å². The molecule has 2 fully saturated rings. The third kappa shape index (κ3) is 2.73. The summed E-state index contributed by atoms with van der Waals surface area (Å²) in [6, 6.07) is 0.860. The first-order valence-electron chi connectivity index (χ1n) is 6.02. The number of piperidine rings is 1. The molecular weight excluding hydrogens is 170 g/mol. The summed E-state index contributed by atoms with van der Waals surface area (Å²) in [5.74, 6) is 2.90. The molecule has 14 heavy (non-hydrogen) atoms. The van der Waals surface area contributed by atoms with E-state index >= 15 is 0 Å². The zero-order valence-corrected chi connectivity index (χ0v) is 9.64. The van der Waals surface area contributed by atoms with Crippen LogP contribution < -0.4 is 5.32 Å². The molecule has 1 heterocycles. The summed E-state index contributed by atoms with van der Waals surface area (Å²) < 4.78 is 0. The van der Waals surface area contributed by atoms with E-state index in [1.807, 2.05) is 13.8 Å². The van der Waals surface area contributed by atoms with Crippen LogP contribution in [0.15, 0.2) is 0 Å². The Hall–Kier alpha value is -0.0400. The SMILES string of the molecule is C.CC.CC1CC(C)C2NCCCC12. The van der Waals surface area contributed by atoms with Crippen LogP contribution in [0.4, 0.5) is 0 Å². The summed E-state index contributed by atoms with van der Waals surface area (Å²) in [6.45, 7) is 10.1. The molecule has 1 heteroatoms. The minimum absolute atomic E-state index is 0. The van der Waals surface area contributed by atoms with Crippen LogP contribution in [-0.4, -0.2) is 12.6 Å². The van der Waals surface area contributed by atoms with E-state index in [1.165, 1.54) is 25.8 Å². The fourth-order valence-electron chi connectivity index (χ4n) is 3.11. The zero-order valence-electron chi connectivity index (χ0n) is 9.64. The monoisotopic (exact) mass is 199 g/mol. The highest BCUT2D eigenvalue weighted by Crippen LogP contribution is 2.40. The van der Waals surface area contributed by atoms with Crippen molar-refractivity contribution < 1.29 is 0 Å². The van der Waals surface area contributed by atoms with Gasteiger partial charge in [-0.15, -0.1) is 0 Å². The zero-order chi connectivity index (χ0) is 9.84. The van der Waals surface area contributed by atoms with Gasteiger partial charge >= 0.3 is 0 Å². The lowest BCUT2D eigenvalue weighted by Crippen LogP contribution is -2.42. The van der Waals surface area contributed by atoms with Gasteiger partial charge < -0.3 is 5.32 Å². The van der Waals surface area contributed by atoms with Crippen molar-refractivity contribution in [2.45, 2.75) is 60.4 Å². The molecule has 1 aliphatic carbocycles. The second kappa shape index (κ2) is 6.44. The van der Waals surface area contributed by atoms with Crippen LogP contribution >= 0.6 is 0 Å². The topological polar surface area (TPSA) is 12.0 Å². The lowest BCUT2D eigenvalue weighted by molar-refractivity contribution is 0.256. The summed E-state index contributed by atoms with van der Waals surface area (Å²) >= 11 is 0. The average molecular weight is 199 g/mol. The van der Waals surface area contributed by atoms with Gasteiger partial charge in [-0.3, -0.25) is 0 Å². The molecule has 0 bridgehead atoms. The van der Waals surface area contributed by atoms with Crippen molar-refractivity contribution in [2.24, 2.45) is 17.8 Å². The maximum absolute atomic E-state index is 3.66. The van der Waals surface area contributed by atoms with Crippen LogP contribution in [-0.2, 0) is 0 Å². The van der Waals surface area contributed by atoms with E-state index < -0.39 is 0 Å². The molecule has 0 radical (unpaired) electrons. The fourth-order valence-corrected chi connectivity index (χ4v) is 3.11. The van der Waals surface area contributed by atoms with Crippen molar-refractivity contribution in [1.29, 1.82) is 0 Å². The maximum atomic E-state index is 3.66. The molecule has 0 amide bonds. The van der Waals surface area contributed by atoms with Crippen molar-refractivity contribution in [3.05, 3.63) is 0 Å². The normalized spacial score (nSPS) is 40.3. The van der Waals surface area contributed by atoms with E-state index in [2.05, 4.69) is 19.2 Å². The van der Waals surface area contributed by atoms with Crippen molar-refractivity contribution in [2.75, 3.05) is 6.54 Å². The van der Waals surface area contributed by atoms with E-state index in [0.29, 0.717) is 0 Å². The average Bonchev–Trinajstić information content (AvgIpc) is 2.47. The summed E-state index contributed by atoms with van der Waals surface area (Å²) in [5, 5.41) is 3.66. The molecule has 4 atom stereocenters. The Kier molecular flexibility index (Phi) is 6.43. The van der Waals surface area contributed by atoms with Crippen molar-refractivity contribution in [1.82, 2.24) is 5.32 Å². The lowest BCUT2D eigenvalue weighted by Gasteiger charge is -2.30. The van der Waals surface area contributed by atoms with Gasteiger partial charge in [0.25, 0.3) is 0 Å². The summed E-state index contributed by atoms with van der Waals surface area (Å²) in [5.41, 5.74) is 0. The molecule has 1 saturated heterocycles. The van der Waals surface area contributed by atoms with Crippen molar-refractivity contribution in [3.63, 3.8) is 0 Å². The molecular formula is C13H29N. The molecule has 1 nitrogen and oxygen atoms in total.